The van der Waals surface area contributed by atoms with Gasteiger partial charge in [-0.1, -0.05) is 13.3 Å². The van der Waals surface area contributed by atoms with Crippen molar-refractivity contribution in [2.45, 2.75) is 44.4 Å². The fourth-order valence-electron chi connectivity index (χ4n) is 2.17. The molecule has 0 saturated heterocycles. The molecule has 0 bridgehead atoms. The third-order valence-electron chi connectivity index (χ3n) is 2.96. The van der Waals surface area contributed by atoms with E-state index in [2.05, 4.69) is 34.2 Å². The van der Waals surface area contributed by atoms with Crippen molar-refractivity contribution < 1.29 is 0 Å². The predicted octanol–water partition coefficient (Wildman–Crippen LogP) is 2.87. The molecule has 3 nitrogen and oxygen atoms in total. The number of hydrogen-bond acceptors (Lipinski definition) is 4. The molecule has 1 heterocycles. The second kappa shape index (κ2) is 5.53. The summed E-state index contributed by atoms with van der Waals surface area (Å²) < 4.78 is 0. The van der Waals surface area contributed by atoms with Crippen molar-refractivity contribution >= 4 is 17.6 Å². The Hall–Kier alpha value is -0.770. The highest BCUT2D eigenvalue weighted by molar-refractivity contribution is 7.99. The summed E-state index contributed by atoms with van der Waals surface area (Å²) in [7, 11) is 0. The first-order valence-corrected chi connectivity index (χ1v) is 7.03. The van der Waals surface area contributed by atoms with Gasteiger partial charge in [-0.15, -0.1) is 5.10 Å². The second-order valence-electron chi connectivity index (χ2n) is 4.24. The Morgan fingerprint density at radius 2 is 2.25 bits per heavy atom. The highest BCUT2D eigenvalue weighted by Crippen LogP contribution is 2.31. The van der Waals surface area contributed by atoms with E-state index in [9.17, 15) is 0 Å². The zero-order valence-corrected chi connectivity index (χ0v) is 10.8. The van der Waals surface area contributed by atoms with Crippen LogP contribution in [-0.2, 0) is 0 Å². The van der Waals surface area contributed by atoms with E-state index in [0.717, 1.165) is 16.8 Å². The van der Waals surface area contributed by atoms with Crippen LogP contribution < -0.4 is 5.32 Å². The molecule has 16 heavy (non-hydrogen) atoms. The highest BCUT2D eigenvalue weighted by atomic mass is 32.2. The largest absolute Gasteiger partial charge is 0.365 e. The van der Waals surface area contributed by atoms with Crippen molar-refractivity contribution in [3.8, 4) is 0 Å². The van der Waals surface area contributed by atoms with Gasteiger partial charge in [-0.3, -0.25) is 0 Å². The van der Waals surface area contributed by atoms with Gasteiger partial charge >= 0.3 is 0 Å². The fourth-order valence-corrected chi connectivity index (χ4v) is 3.37. The van der Waals surface area contributed by atoms with Crippen LogP contribution in [0, 0.1) is 6.92 Å². The smallest absolute Gasteiger partial charge is 0.148 e. The Morgan fingerprint density at radius 1 is 1.38 bits per heavy atom. The van der Waals surface area contributed by atoms with Crippen LogP contribution in [0.15, 0.2) is 12.1 Å². The standard InChI is InChI=1S/C12H19N3S/c1-3-16-11-6-4-5-10(11)13-12-8-7-9(2)14-15-12/h7-8,10-11H,3-6H2,1-2H3,(H,13,15). The lowest BCUT2D eigenvalue weighted by atomic mass is 10.2. The Labute approximate surface area is 101 Å². The van der Waals surface area contributed by atoms with Crippen molar-refractivity contribution in [3.63, 3.8) is 0 Å². The zero-order chi connectivity index (χ0) is 11.4. The molecule has 88 valence electrons. The van der Waals surface area contributed by atoms with Crippen LogP contribution in [0.3, 0.4) is 0 Å². The molecule has 0 amide bonds. The predicted molar refractivity (Wildman–Crippen MR) is 70.0 cm³/mol. The molecule has 1 aromatic rings. The zero-order valence-electron chi connectivity index (χ0n) is 9.94. The maximum absolute atomic E-state index is 4.17. The maximum Gasteiger partial charge on any atom is 0.148 e. The molecule has 1 saturated carbocycles. The van der Waals surface area contributed by atoms with Gasteiger partial charge in [0.2, 0.25) is 0 Å². The third kappa shape index (κ3) is 2.88. The average molecular weight is 237 g/mol. The Bertz CT molecular complexity index is 326. The van der Waals surface area contributed by atoms with E-state index < -0.39 is 0 Å². The molecule has 0 aliphatic heterocycles. The first-order chi connectivity index (χ1) is 7.79. The minimum atomic E-state index is 0.571. The lowest BCUT2D eigenvalue weighted by molar-refractivity contribution is 0.756. The molecule has 1 aromatic heterocycles. The first-order valence-electron chi connectivity index (χ1n) is 5.98. The van der Waals surface area contributed by atoms with Gasteiger partial charge in [-0.25, -0.2) is 0 Å². The van der Waals surface area contributed by atoms with E-state index in [0.29, 0.717) is 6.04 Å². The lowest BCUT2D eigenvalue weighted by Crippen LogP contribution is -2.26. The van der Waals surface area contributed by atoms with Crippen LogP contribution in [0.4, 0.5) is 5.82 Å². The minimum Gasteiger partial charge on any atom is -0.365 e. The number of aromatic nitrogens is 2. The summed E-state index contributed by atoms with van der Waals surface area (Å²) in [5.41, 5.74) is 0.969. The number of nitrogens with one attached hydrogen (secondary N) is 1. The summed E-state index contributed by atoms with van der Waals surface area (Å²) in [4.78, 5) is 0. The number of anilines is 1. The summed E-state index contributed by atoms with van der Waals surface area (Å²) in [5, 5.41) is 12.5. The number of hydrogen-bond donors (Lipinski definition) is 1. The fraction of sp³-hybridized carbons (Fsp3) is 0.667. The van der Waals surface area contributed by atoms with Crippen molar-refractivity contribution in [1.29, 1.82) is 0 Å². The lowest BCUT2D eigenvalue weighted by Gasteiger charge is -2.20. The van der Waals surface area contributed by atoms with Gasteiger partial charge in [-0.2, -0.15) is 16.9 Å². The molecule has 2 atom stereocenters. The van der Waals surface area contributed by atoms with Crippen LogP contribution in [0.25, 0.3) is 0 Å². The van der Waals surface area contributed by atoms with Gasteiger partial charge in [0, 0.05) is 11.3 Å². The normalized spacial score (nSPS) is 24.6. The van der Waals surface area contributed by atoms with Crippen LogP contribution >= 0.6 is 11.8 Å². The molecule has 0 aromatic carbocycles. The van der Waals surface area contributed by atoms with Crippen molar-refractivity contribution in [2.75, 3.05) is 11.1 Å². The molecular weight excluding hydrogens is 218 g/mol. The summed E-state index contributed by atoms with van der Waals surface area (Å²) in [5.74, 6) is 2.11. The number of thioether (sulfide) groups is 1. The van der Waals surface area contributed by atoms with Gasteiger partial charge in [0.15, 0.2) is 0 Å². The van der Waals surface area contributed by atoms with E-state index >= 15 is 0 Å². The summed E-state index contributed by atoms with van der Waals surface area (Å²) >= 11 is 2.06. The molecule has 2 unspecified atom stereocenters. The van der Waals surface area contributed by atoms with Crippen LogP contribution in [0.1, 0.15) is 31.9 Å². The monoisotopic (exact) mass is 237 g/mol. The van der Waals surface area contributed by atoms with Gasteiger partial charge in [0.1, 0.15) is 5.82 Å². The SMILES string of the molecule is CCSC1CCCC1Nc1ccc(C)nn1. The molecular formula is C12H19N3S. The quantitative estimate of drug-likeness (QED) is 0.874. The first kappa shape index (κ1) is 11.7. The third-order valence-corrected chi connectivity index (χ3v) is 4.29. The molecule has 1 aliphatic carbocycles. The summed E-state index contributed by atoms with van der Waals surface area (Å²) in [6, 6.07) is 4.60. The summed E-state index contributed by atoms with van der Waals surface area (Å²) in [6.07, 6.45) is 3.91. The second-order valence-corrected chi connectivity index (χ2v) is 5.75. The van der Waals surface area contributed by atoms with Crippen LogP contribution in [0.2, 0.25) is 0 Å². The van der Waals surface area contributed by atoms with Gasteiger partial charge < -0.3 is 5.32 Å². The van der Waals surface area contributed by atoms with Gasteiger partial charge in [0.05, 0.1) is 5.69 Å². The van der Waals surface area contributed by atoms with Gasteiger partial charge in [-0.05, 0) is 37.7 Å². The number of nitrogens with zero attached hydrogens (tertiary/aromatic N) is 2. The molecule has 0 spiro atoms. The number of aryl methyl sites for hydroxylation is 1. The molecule has 1 N–H and O–H groups in total. The molecule has 2 rings (SSSR count). The Kier molecular flexibility index (Phi) is 4.04. The highest BCUT2D eigenvalue weighted by Gasteiger charge is 2.27. The van der Waals surface area contributed by atoms with E-state index in [1.54, 1.807) is 0 Å². The minimum absolute atomic E-state index is 0.571. The molecule has 1 fully saturated rings. The summed E-state index contributed by atoms with van der Waals surface area (Å²) in [6.45, 7) is 4.19. The van der Waals surface area contributed by atoms with E-state index in [1.807, 2.05) is 19.1 Å². The van der Waals surface area contributed by atoms with Crippen molar-refractivity contribution in [3.05, 3.63) is 17.8 Å². The van der Waals surface area contributed by atoms with Gasteiger partial charge in [0.25, 0.3) is 0 Å². The molecule has 0 radical (unpaired) electrons. The Morgan fingerprint density at radius 3 is 2.94 bits per heavy atom. The number of rotatable bonds is 4. The van der Waals surface area contributed by atoms with E-state index in [1.165, 1.54) is 25.0 Å². The topological polar surface area (TPSA) is 37.8 Å². The van der Waals surface area contributed by atoms with E-state index in [-0.39, 0.29) is 0 Å². The molecule has 4 heteroatoms. The van der Waals surface area contributed by atoms with Crippen LogP contribution in [0.5, 0.6) is 0 Å². The van der Waals surface area contributed by atoms with Crippen molar-refractivity contribution in [1.82, 2.24) is 10.2 Å². The van der Waals surface area contributed by atoms with E-state index in [4.69, 9.17) is 0 Å². The maximum atomic E-state index is 4.17. The average Bonchev–Trinajstić information content (AvgIpc) is 2.70. The molecule has 1 aliphatic rings. The van der Waals surface area contributed by atoms with Crippen LogP contribution in [-0.4, -0.2) is 27.2 Å². The van der Waals surface area contributed by atoms with Crippen molar-refractivity contribution in [2.24, 2.45) is 0 Å². The Balaban J connectivity index is 1.95.